The summed E-state index contributed by atoms with van der Waals surface area (Å²) in [6, 6.07) is 7.83. The zero-order valence-corrected chi connectivity index (χ0v) is 12.4. The van der Waals surface area contributed by atoms with Crippen molar-refractivity contribution < 1.29 is 4.79 Å². The minimum Gasteiger partial charge on any atom is -0.360 e. The Labute approximate surface area is 124 Å². The van der Waals surface area contributed by atoms with Crippen molar-refractivity contribution in [3.8, 4) is 6.07 Å². The Kier molecular flexibility index (Phi) is 6.61. The van der Waals surface area contributed by atoms with Gasteiger partial charge < -0.3 is 10.6 Å². The van der Waals surface area contributed by atoms with Crippen LogP contribution in [0, 0.1) is 25.2 Å². The van der Waals surface area contributed by atoms with Gasteiger partial charge in [-0.1, -0.05) is 6.07 Å². The average Bonchev–Trinajstić information content (AvgIpc) is 2.38. The highest BCUT2D eigenvalue weighted by Crippen LogP contribution is 2.14. The van der Waals surface area contributed by atoms with Gasteiger partial charge in [-0.05, 0) is 43.5 Å². The topological polar surface area (TPSA) is 64.9 Å². The summed E-state index contributed by atoms with van der Waals surface area (Å²) in [5.74, 6) is 0.0849. The van der Waals surface area contributed by atoms with Gasteiger partial charge in [-0.3, -0.25) is 4.79 Å². The molecule has 0 fully saturated rings. The van der Waals surface area contributed by atoms with Crippen LogP contribution in [-0.4, -0.2) is 18.3 Å². The third kappa shape index (κ3) is 5.33. The summed E-state index contributed by atoms with van der Waals surface area (Å²) in [4.78, 5) is 11.7. The number of hydrogen-bond donors (Lipinski definition) is 2. The average molecular weight is 292 g/mol. The van der Waals surface area contributed by atoms with Gasteiger partial charge in [0.15, 0.2) is 0 Å². The maximum absolute atomic E-state index is 11.7. The lowest BCUT2D eigenvalue weighted by Gasteiger charge is -2.06. The largest absolute Gasteiger partial charge is 0.360 e. The molecule has 0 atom stereocenters. The molecule has 1 amide bonds. The molecule has 0 aliphatic carbocycles. The first-order valence-electron chi connectivity index (χ1n) is 6.36. The number of nitriles is 1. The summed E-state index contributed by atoms with van der Waals surface area (Å²) in [5.41, 5.74) is 3.12. The SMILES string of the molecule is Cc1cc(C)cc(N/C=C(/C#N)C(=O)NCCCCl)c1. The van der Waals surface area contributed by atoms with Gasteiger partial charge in [-0.2, -0.15) is 5.26 Å². The Morgan fingerprint density at radius 2 is 2.00 bits per heavy atom. The van der Waals surface area contributed by atoms with Crippen molar-refractivity contribution in [1.82, 2.24) is 5.32 Å². The number of rotatable bonds is 6. The van der Waals surface area contributed by atoms with Crippen molar-refractivity contribution in [2.24, 2.45) is 0 Å². The summed E-state index contributed by atoms with van der Waals surface area (Å²) in [7, 11) is 0. The second-order valence-electron chi connectivity index (χ2n) is 4.49. The third-order valence-electron chi connectivity index (χ3n) is 2.57. The van der Waals surface area contributed by atoms with E-state index < -0.39 is 5.91 Å². The fourth-order valence-electron chi connectivity index (χ4n) is 1.73. The highest BCUT2D eigenvalue weighted by molar-refractivity contribution is 6.17. The molecule has 0 aliphatic rings. The summed E-state index contributed by atoms with van der Waals surface area (Å²) in [6.45, 7) is 4.45. The standard InChI is InChI=1S/C15H18ClN3O/c1-11-6-12(2)8-14(7-11)19-10-13(9-17)15(20)18-5-3-4-16/h6-8,10,19H,3-5H2,1-2H3,(H,18,20)/b13-10-. The number of nitrogens with one attached hydrogen (secondary N) is 2. The van der Waals surface area contributed by atoms with Crippen LogP contribution in [0.15, 0.2) is 30.0 Å². The van der Waals surface area contributed by atoms with Gasteiger partial charge in [0.25, 0.3) is 5.91 Å². The van der Waals surface area contributed by atoms with Crippen LogP contribution in [0.5, 0.6) is 0 Å². The molecule has 20 heavy (non-hydrogen) atoms. The van der Waals surface area contributed by atoms with Gasteiger partial charge in [0.1, 0.15) is 11.6 Å². The molecular formula is C15H18ClN3O. The molecule has 1 aromatic carbocycles. The van der Waals surface area contributed by atoms with E-state index in [1.54, 1.807) is 0 Å². The van der Waals surface area contributed by atoms with Crippen LogP contribution >= 0.6 is 11.6 Å². The fraction of sp³-hybridized carbons (Fsp3) is 0.333. The van der Waals surface area contributed by atoms with Gasteiger partial charge in [0.05, 0.1) is 0 Å². The van der Waals surface area contributed by atoms with Crippen molar-refractivity contribution >= 4 is 23.2 Å². The second kappa shape index (κ2) is 8.23. The number of amides is 1. The zero-order chi connectivity index (χ0) is 15.0. The number of halogens is 1. The van der Waals surface area contributed by atoms with E-state index in [-0.39, 0.29) is 5.57 Å². The second-order valence-corrected chi connectivity index (χ2v) is 4.87. The Bertz CT molecular complexity index is 526. The Balaban J connectivity index is 2.70. The predicted molar refractivity (Wildman–Crippen MR) is 81.6 cm³/mol. The van der Waals surface area contributed by atoms with Gasteiger partial charge in [0.2, 0.25) is 0 Å². The Morgan fingerprint density at radius 1 is 1.35 bits per heavy atom. The Morgan fingerprint density at radius 3 is 2.55 bits per heavy atom. The molecular weight excluding hydrogens is 274 g/mol. The van der Waals surface area contributed by atoms with E-state index in [9.17, 15) is 4.79 Å². The van der Waals surface area contributed by atoms with E-state index >= 15 is 0 Å². The first-order chi connectivity index (χ1) is 9.56. The minimum absolute atomic E-state index is 0.0405. The number of carbonyl (C=O) groups is 1. The molecule has 0 radical (unpaired) electrons. The molecule has 106 valence electrons. The highest BCUT2D eigenvalue weighted by Gasteiger charge is 2.07. The molecule has 0 bridgehead atoms. The van der Waals surface area contributed by atoms with Crippen LogP contribution in [0.25, 0.3) is 0 Å². The molecule has 0 aromatic heterocycles. The monoisotopic (exact) mass is 291 g/mol. The van der Waals surface area contributed by atoms with E-state index in [0.717, 1.165) is 16.8 Å². The van der Waals surface area contributed by atoms with Crippen LogP contribution in [-0.2, 0) is 4.79 Å². The fourth-order valence-corrected chi connectivity index (χ4v) is 1.86. The smallest absolute Gasteiger partial charge is 0.263 e. The van der Waals surface area contributed by atoms with Crippen LogP contribution in [0.4, 0.5) is 5.69 Å². The summed E-state index contributed by atoms with van der Waals surface area (Å²) in [5, 5.41) is 14.6. The molecule has 1 rings (SSSR count). The lowest BCUT2D eigenvalue weighted by atomic mass is 10.1. The van der Waals surface area contributed by atoms with Crippen LogP contribution < -0.4 is 10.6 Å². The molecule has 0 aliphatic heterocycles. The number of anilines is 1. The van der Waals surface area contributed by atoms with Gasteiger partial charge in [0, 0.05) is 24.3 Å². The number of benzene rings is 1. The third-order valence-corrected chi connectivity index (χ3v) is 2.83. The first kappa shape index (κ1) is 16.1. The predicted octanol–water partition coefficient (Wildman–Crippen LogP) is 2.87. The minimum atomic E-state index is -0.394. The van der Waals surface area contributed by atoms with Crippen LogP contribution in [0.2, 0.25) is 0 Å². The number of hydrogen-bond acceptors (Lipinski definition) is 3. The lowest BCUT2D eigenvalue weighted by molar-refractivity contribution is -0.117. The Hall–Kier alpha value is -1.99. The molecule has 0 saturated carbocycles. The molecule has 1 aromatic rings. The van der Waals surface area contributed by atoms with Crippen molar-refractivity contribution in [3.63, 3.8) is 0 Å². The van der Waals surface area contributed by atoms with Gasteiger partial charge in [-0.25, -0.2) is 0 Å². The van der Waals surface area contributed by atoms with Crippen molar-refractivity contribution in [3.05, 3.63) is 41.1 Å². The van der Waals surface area contributed by atoms with E-state index in [1.165, 1.54) is 6.20 Å². The van der Waals surface area contributed by atoms with Crippen molar-refractivity contribution in [1.29, 1.82) is 5.26 Å². The molecule has 0 unspecified atom stereocenters. The molecule has 0 saturated heterocycles. The van der Waals surface area contributed by atoms with Gasteiger partial charge >= 0.3 is 0 Å². The number of aryl methyl sites for hydroxylation is 2. The van der Waals surface area contributed by atoms with E-state index in [1.807, 2.05) is 32.0 Å². The molecule has 0 spiro atoms. The number of alkyl halides is 1. The number of nitrogens with zero attached hydrogens (tertiary/aromatic N) is 1. The highest BCUT2D eigenvalue weighted by atomic mass is 35.5. The zero-order valence-electron chi connectivity index (χ0n) is 11.7. The molecule has 2 N–H and O–H groups in total. The molecule has 4 nitrogen and oxygen atoms in total. The van der Waals surface area contributed by atoms with E-state index in [4.69, 9.17) is 16.9 Å². The molecule has 0 heterocycles. The van der Waals surface area contributed by atoms with Crippen LogP contribution in [0.1, 0.15) is 17.5 Å². The van der Waals surface area contributed by atoms with E-state index in [0.29, 0.717) is 18.8 Å². The summed E-state index contributed by atoms with van der Waals surface area (Å²) >= 11 is 5.53. The maximum Gasteiger partial charge on any atom is 0.263 e. The van der Waals surface area contributed by atoms with Gasteiger partial charge in [-0.15, -0.1) is 11.6 Å². The normalized spacial score (nSPS) is 10.8. The lowest BCUT2D eigenvalue weighted by Crippen LogP contribution is -2.26. The first-order valence-corrected chi connectivity index (χ1v) is 6.89. The quantitative estimate of drug-likeness (QED) is 0.367. The molecule has 5 heteroatoms. The van der Waals surface area contributed by atoms with Crippen LogP contribution in [0.3, 0.4) is 0 Å². The maximum atomic E-state index is 11.7. The van der Waals surface area contributed by atoms with Crippen molar-refractivity contribution in [2.75, 3.05) is 17.7 Å². The number of carbonyl (C=O) groups excluding carboxylic acids is 1. The summed E-state index contributed by atoms with van der Waals surface area (Å²) in [6.07, 6.45) is 2.10. The van der Waals surface area contributed by atoms with E-state index in [2.05, 4.69) is 16.7 Å². The van der Waals surface area contributed by atoms with Crippen molar-refractivity contribution in [2.45, 2.75) is 20.3 Å². The summed E-state index contributed by atoms with van der Waals surface area (Å²) < 4.78 is 0.